The average Bonchev–Trinajstić information content (AvgIpc) is 3.46. The van der Waals surface area contributed by atoms with Gasteiger partial charge < -0.3 is 25.4 Å². The number of carbonyl (C=O) groups excluding carboxylic acids is 2. The second-order valence-corrected chi connectivity index (χ2v) is 10.8. The highest BCUT2D eigenvalue weighted by Gasteiger charge is 2.30. The molecule has 1 atom stereocenters. The molecule has 3 heterocycles. The molecule has 5 rings (SSSR count). The zero-order valence-electron chi connectivity index (χ0n) is 23.9. The molecule has 0 unspecified atom stereocenters. The van der Waals surface area contributed by atoms with Gasteiger partial charge in [-0.15, -0.1) is 24.8 Å². The fourth-order valence-electron chi connectivity index (χ4n) is 5.26. The maximum absolute atomic E-state index is 13.8. The van der Waals surface area contributed by atoms with Gasteiger partial charge in [-0.3, -0.25) is 9.59 Å². The molecule has 2 aromatic heterocycles. The summed E-state index contributed by atoms with van der Waals surface area (Å²) < 4.78 is 0. The number of carbonyl (C=O) groups is 2. The van der Waals surface area contributed by atoms with Gasteiger partial charge in [0.2, 0.25) is 5.91 Å². The lowest BCUT2D eigenvalue weighted by Crippen LogP contribution is -2.51. The molecule has 0 spiro atoms. The van der Waals surface area contributed by atoms with E-state index in [0.29, 0.717) is 43.3 Å². The largest absolute Gasteiger partial charge is 0.367 e. The van der Waals surface area contributed by atoms with Crippen LogP contribution in [0.4, 0.5) is 5.69 Å². The van der Waals surface area contributed by atoms with Crippen LogP contribution in [-0.4, -0.2) is 72.5 Å². The standard InChI is InChI=1S/C31H35ClN6O2.2ClH/c1-20(2)35-19-27(22-8-10-24(32)11-9-22)31(40)38-16-14-37(15-17-38)28-25-12-13-34-29(25)36-18-26(28)21-4-6-23(7-5-21)30(39)33-3;;/h4-13,18,20,27,35H,14-17,19H2,1-3H3,(H,33,39)(H,34,36);2*1H/t27-;;/m1../s1. The summed E-state index contributed by atoms with van der Waals surface area (Å²) in [6.45, 7) is 7.38. The third-order valence-corrected chi connectivity index (χ3v) is 7.70. The number of aromatic amines is 1. The van der Waals surface area contributed by atoms with E-state index >= 15 is 0 Å². The number of nitrogens with one attached hydrogen (secondary N) is 3. The second-order valence-electron chi connectivity index (χ2n) is 10.4. The molecule has 1 aliphatic heterocycles. The third kappa shape index (κ3) is 7.18. The minimum absolute atomic E-state index is 0. The van der Waals surface area contributed by atoms with Gasteiger partial charge >= 0.3 is 0 Å². The van der Waals surface area contributed by atoms with Gasteiger partial charge in [-0.25, -0.2) is 4.98 Å². The van der Waals surface area contributed by atoms with Crippen LogP contribution in [0.1, 0.15) is 35.7 Å². The maximum Gasteiger partial charge on any atom is 0.251 e. The highest BCUT2D eigenvalue weighted by molar-refractivity contribution is 6.30. The van der Waals surface area contributed by atoms with E-state index in [9.17, 15) is 9.59 Å². The molecule has 1 aliphatic rings. The molecule has 1 fully saturated rings. The molecule has 4 aromatic rings. The van der Waals surface area contributed by atoms with Crippen molar-refractivity contribution >= 4 is 65.0 Å². The highest BCUT2D eigenvalue weighted by Crippen LogP contribution is 2.37. The van der Waals surface area contributed by atoms with Crippen molar-refractivity contribution in [1.29, 1.82) is 0 Å². The first-order valence-electron chi connectivity index (χ1n) is 13.7. The first kappa shape index (κ1) is 33.2. The van der Waals surface area contributed by atoms with Crippen molar-refractivity contribution in [3.63, 3.8) is 0 Å². The fourth-order valence-corrected chi connectivity index (χ4v) is 5.38. The molecule has 8 nitrogen and oxygen atoms in total. The number of halogens is 3. The van der Waals surface area contributed by atoms with Crippen LogP contribution in [0.3, 0.4) is 0 Å². The molecule has 0 aliphatic carbocycles. The van der Waals surface area contributed by atoms with E-state index in [1.807, 2.05) is 71.9 Å². The first-order valence-corrected chi connectivity index (χ1v) is 14.0. The van der Waals surface area contributed by atoms with E-state index < -0.39 is 0 Å². The number of benzene rings is 2. The number of pyridine rings is 1. The number of fused-ring (bicyclic) bond motifs is 1. The molecule has 224 valence electrons. The Morgan fingerprint density at radius 1 is 0.976 bits per heavy atom. The molecule has 2 aromatic carbocycles. The predicted octanol–water partition coefficient (Wildman–Crippen LogP) is 5.52. The van der Waals surface area contributed by atoms with E-state index in [1.165, 1.54) is 0 Å². The molecule has 0 radical (unpaired) electrons. The zero-order valence-corrected chi connectivity index (χ0v) is 26.3. The van der Waals surface area contributed by atoms with Crippen LogP contribution in [0.15, 0.2) is 67.0 Å². The van der Waals surface area contributed by atoms with Crippen molar-refractivity contribution < 1.29 is 9.59 Å². The number of anilines is 1. The van der Waals surface area contributed by atoms with Gasteiger partial charge in [0.15, 0.2) is 0 Å². The third-order valence-electron chi connectivity index (χ3n) is 7.45. The Labute approximate surface area is 264 Å². The molecule has 42 heavy (non-hydrogen) atoms. The van der Waals surface area contributed by atoms with Crippen molar-refractivity contribution in [3.8, 4) is 11.1 Å². The minimum atomic E-state index is -0.280. The topological polar surface area (TPSA) is 93.4 Å². The SMILES string of the molecule is CNC(=O)c1ccc(-c2cnc3[nH]ccc3c2N2CCN(C(=O)[C@H](CNC(C)C)c3ccc(Cl)cc3)CC2)cc1.Cl.Cl. The van der Waals surface area contributed by atoms with Gasteiger partial charge in [0.1, 0.15) is 5.65 Å². The maximum atomic E-state index is 13.8. The lowest BCUT2D eigenvalue weighted by atomic mass is 9.96. The monoisotopic (exact) mass is 630 g/mol. The van der Waals surface area contributed by atoms with Crippen LogP contribution in [0.2, 0.25) is 5.02 Å². The molecular weight excluding hydrogens is 595 g/mol. The summed E-state index contributed by atoms with van der Waals surface area (Å²) in [6, 6.07) is 17.5. The number of rotatable bonds is 8. The summed E-state index contributed by atoms with van der Waals surface area (Å²) in [5.41, 5.74) is 5.46. The number of aromatic nitrogens is 2. The van der Waals surface area contributed by atoms with E-state index in [1.54, 1.807) is 7.05 Å². The Bertz CT molecular complexity index is 1480. The van der Waals surface area contributed by atoms with Gasteiger partial charge in [-0.1, -0.05) is 49.7 Å². The van der Waals surface area contributed by atoms with E-state index in [0.717, 1.165) is 33.4 Å². The van der Waals surface area contributed by atoms with Crippen molar-refractivity contribution in [2.24, 2.45) is 0 Å². The molecule has 0 saturated carbocycles. The summed E-state index contributed by atoms with van der Waals surface area (Å²) in [5, 5.41) is 7.81. The van der Waals surface area contributed by atoms with Gasteiger partial charge in [0, 0.05) is 79.7 Å². The molecular formula is C31H37Cl3N6O2. The molecule has 11 heteroatoms. The molecule has 3 N–H and O–H groups in total. The quantitative estimate of drug-likeness (QED) is 0.238. The highest BCUT2D eigenvalue weighted by atomic mass is 35.5. The molecule has 1 saturated heterocycles. The van der Waals surface area contributed by atoms with Crippen LogP contribution in [0.5, 0.6) is 0 Å². The Morgan fingerprint density at radius 2 is 1.64 bits per heavy atom. The Hall–Kier alpha value is -3.30. The van der Waals surface area contributed by atoms with E-state index in [4.69, 9.17) is 11.6 Å². The van der Waals surface area contributed by atoms with Gasteiger partial charge in [0.25, 0.3) is 5.91 Å². The summed E-state index contributed by atoms with van der Waals surface area (Å²) >= 11 is 6.12. The Morgan fingerprint density at radius 3 is 2.26 bits per heavy atom. The van der Waals surface area contributed by atoms with E-state index in [-0.39, 0.29) is 48.6 Å². The first-order chi connectivity index (χ1) is 19.4. The van der Waals surface area contributed by atoms with E-state index in [2.05, 4.69) is 39.3 Å². The number of hydrogen-bond donors (Lipinski definition) is 3. The minimum Gasteiger partial charge on any atom is -0.367 e. The number of amides is 2. The zero-order chi connectivity index (χ0) is 28.2. The normalized spacial score (nSPS) is 13.8. The van der Waals surface area contributed by atoms with Crippen LogP contribution >= 0.6 is 36.4 Å². The van der Waals surface area contributed by atoms with Crippen molar-refractivity contribution in [3.05, 3.63) is 83.1 Å². The van der Waals surface area contributed by atoms with Crippen molar-refractivity contribution in [1.82, 2.24) is 25.5 Å². The average molecular weight is 632 g/mol. The van der Waals surface area contributed by atoms with Crippen LogP contribution in [0, 0.1) is 0 Å². The predicted molar refractivity (Wildman–Crippen MR) is 176 cm³/mol. The number of H-pyrrole nitrogens is 1. The van der Waals surface area contributed by atoms with Gasteiger partial charge in [0.05, 0.1) is 11.6 Å². The summed E-state index contributed by atoms with van der Waals surface area (Å²) in [4.78, 5) is 38.0. The summed E-state index contributed by atoms with van der Waals surface area (Å²) in [5.74, 6) is -0.271. The van der Waals surface area contributed by atoms with Crippen LogP contribution < -0.4 is 15.5 Å². The van der Waals surface area contributed by atoms with Crippen LogP contribution in [0.25, 0.3) is 22.2 Å². The summed E-state index contributed by atoms with van der Waals surface area (Å²) in [6.07, 6.45) is 3.78. The molecule has 2 amide bonds. The van der Waals surface area contributed by atoms with Gasteiger partial charge in [-0.05, 0) is 41.5 Å². The second kappa shape index (κ2) is 14.7. The Balaban J connectivity index is 0.00000242. The smallest absolute Gasteiger partial charge is 0.251 e. The lowest BCUT2D eigenvalue weighted by molar-refractivity contribution is -0.133. The number of piperazine rings is 1. The van der Waals surface area contributed by atoms with Gasteiger partial charge in [-0.2, -0.15) is 0 Å². The lowest BCUT2D eigenvalue weighted by Gasteiger charge is -2.38. The molecule has 0 bridgehead atoms. The fraction of sp³-hybridized carbons (Fsp3) is 0.323. The Kier molecular flexibility index (Phi) is 11.7. The van der Waals surface area contributed by atoms with Crippen molar-refractivity contribution in [2.75, 3.05) is 44.7 Å². The number of hydrogen-bond acceptors (Lipinski definition) is 5. The summed E-state index contributed by atoms with van der Waals surface area (Å²) in [7, 11) is 1.63. The van der Waals surface area contributed by atoms with Crippen LogP contribution in [-0.2, 0) is 4.79 Å². The number of nitrogens with zero attached hydrogens (tertiary/aromatic N) is 3. The van der Waals surface area contributed by atoms with Crippen molar-refractivity contribution in [2.45, 2.75) is 25.8 Å².